The highest BCUT2D eigenvalue weighted by molar-refractivity contribution is 6.34. The first-order chi connectivity index (χ1) is 9.65. The minimum atomic E-state index is -0.544. The summed E-state index contributed by atoms with van der Waals surface area (Å²) in [6.07, 6.45) is 0.805. The first-order valence-corrected chi connectivity index (χ1v) is 7.08. The van der Waals surface area contributed by atoms with Gasteiger partial charge in [0.1, 0.15) is 5.69 Å². The first-order valence-electron chi connectivity index (χ1n) is 6.70. The van der Waals surface area contributed by atoms with Crippen LogP contribution in [0.3, 0.4) is 0 Å². The number of nitrogens with zero attached hydrogens (tertiary/aromatic N) is 1. The van der Waals surface area contributed by atoms with Crippen LogP contribution in [0.2, 0.25) is 5.02 Å². The van der Waals surface area contributed by atoms with Crippen LogP contribution in [0.15, 0.2) is 12.1 Å². The maximum atomic E-state index is 12.1. The number of rotatable bonds is 5. The Balaban J connectivity index is 3.20. The quantitative estimate of drug-likeness (QED) is 0.642. The molecule has 0 heterocycles. The van der Waals surface area contributed by atoms with Crippen molar-refractivity contribution in [2.75, 3.05) is 11.9 Å². The molecular weight excluding hydrogens is 294 g/mol. The first kappa shape index (κ1) is 17.2. The number of nitro benzene ring substituents is 1. The number of carbonyl (C=O) groups excluding carboxylic acids is 1. The fourth-order valence-corrected chi connectivity index (χ4v) is 1.99. The summed E-state index contributed by atoms with van der Waals surface area (Å²) >= 11 is 6.08. The van der Waals surface area contributed by atoms with Crippen molar-refractivity contribution in [2.24, 2.45) is 0 Å². The summed E-state index contributed by atoms with van der Waals surface area (Å²) in [5.41, 5.74) is -0.216. The van der Waals surface area contributed by atoms with E-state index >= 15 is 0 Å². The van der Waals surface area contributed by atoms with Gasteiger partial charge in [-0.3, -0.25) is 14.9 Å². The van der Waals surface area contributed by atoms with E-state index in [1.165, 1.54) is 12.1 Å². The largest absolute Gasteiger partial charge is 0.378 e. The molecule has 7 heteroatoms. The number of hydrogen-bond donors (Lipinski definition) is 2. The molecule has 1 aromatic rings. The number of halogens is 1. The predicted molar refractivity (Wildman–Crippen MR) is 84.1 cm³/mol. The van der Waals surface area contributed by atoms with Crippen molar-refractivity contribution < 1.29 is 9.72 Å². The highest BCUT2D eigenvalue weighted by Gasteiger charge is 2.23. The summed E-state index contributed by atoms with van der Waals surface area (Å²) in [7, 11) is 0. The average Bonchev–Trinajstić information content (AvgIpc) is 2.34. The zero-order chi connectivity index (χ0) is 16.2. The molecule has 0 radical (unpaired) electrons. The molecular formula is C14H20ClN3O3. The number of nitrogens with one attached hydrogen (secondary N) is 2. The summed E-state index contributed by atoms with van der Waals surface area (Å²) in [6, 6.07) is 2.68. The van der Waals surface area contributed by atoms with Crippen LogP contribution in [-0.4, -0.2) is 22.9 Å². The monoisotopic (exact) mass is 313 g/mol. The zero-order valence-corrected chi connectivity index (χ0v) is 13.4. The highest BCUT2D eigenvalue weighted by atomic mass is 35.5. The Hall–Kier alpha value is -1.82. The maximum Gasteiger partial charge on any atom is 0.294 e. The van der Waals surface area contributed by atoms with Crippen LogP contribution in [0.4, 0.5) is 11.4 Å². The molecule has 0 aromatic heterocycles. The van der Waals surface area contributed by atoms with Gasteiger partial charge in [0, 0.05) is 23.7 Å². The van der Waals surface area contributed by atoms with Gasteiger partial charge in [0.05, 0.1) is 9.95 Å². The second-order valence-electron chi connectivity index (χ2n) is 5.74. The maximum absolute atomic E-state index is 12.1. The van der Waals surface area contributed by atoms with Gasteiger partial charge >= 0.3 is 0 Å². The summed E-state index contributed by atoms with van der Waals surface area (Å²) in [5, 5.41) is 17.0. The van der Waals surface area contributed by atoms with Crippen molar-refractivity contribution in [3.63, 3.8) is 0 Å². The lowest BCUT2D eigenvalue weighted by atomic mass is 10.1. The van der Waals surface area contributed by atoms with Crippen LogP contribution in [0.1, 0.15) is 44.5 Å². The summed E-state index contributed by atoms with van der Waals surface area (Å²) in [5.74, 6) is -0.394. The van der Waals surface area contributed by atoms with Gasteiger partial charge in [0.25, 0.3) is 11.6 Å². The molecule has 0 bridgehead atoms. The van der Waals surface area contributed by atoms with Gasteiger partial charge in [-0.25, -0.2) is 0 Å². The molecule has 2 N–H and O–H groups in total. The molecule has 0 spiro atoms. The van der Waals surface area contributed by atoms with Crippen LogP contribution >= 0.6 is 11.6 Å². The topological polar surface area (TPSA) is 84.3 Å². The lowest BCUT2D eigenvalue weighted by Gasteiger charge is -2.20. The van der Waals surface area contributed by atoms with Gasteiger partial charge in [-0.1, -0.05) is 18.5 Å². The standard InChI is InChI=1S/C14H20ClN3O3/c1-5-6-16-12-10(15)7-9(8-11(12)18(20)21)13(19)17-14(2,3)4/h7-8,16H,5-6H2,1-4H3,(H,17,19). The Bertz CT molecular complexity index is 553. The molecule has 0 saturated carbocycles. The highest BCUT2D eigenvalue weighted by Crippen LogP contribution is 2.33. The molecule has 1 aromatic carbocycles. The summed E-state index contributed by atoms with van der Waals surface area (Å²) in [4.78, 5) is 22.7. The fourth-order valence-electron chi connectivity index (χ4n) is 1.71. The van der Waals surface area contributed by atoms with Gasteiger partial charge in [0.15, 0.2) is 0 Å². The molecule has 0 saturated heterocycles. The van der Waals surface area contributed by atoms with E-state index in [1.54, 1.807) is 0 Å². The number of nitro groups is 1. The SMILES string of the molecule is CCCNc1c(Cl)cc(C(=O)NC(C)(C)C)cc1[N+](=O)[O-]. The van der Waals surface area contributed by atoms with Crippen LogP contribution in [0.5, 0.6) is 0 Å². The molecule has 0 unspecified atom stereocenters. The number of anilines is 1. The van der Waals surface area contributed by atoms with Crippen molar-refractivity contribution in [3.8, 4) is 0 Å². The molecule has 0 fully saturated rings. The second-order valence-corrected chi connectivity index (χ2v) is 6.15. The molecule has 0 aliphatic heterocycles. The molecule has 0 aliphatic rings. The molecule has 116 valence electrons. The van der Waals surface area contributed by atoms with Crippen molar-refractivity contribution in [1.82, 2.24) is 5.32 Å². The summed E-state index contributed by atoms with van der Waals surface area (Å²) in [6.45, 7) is 8.00. The van der Waals surface area contributed by atoms with Crippen LogP contribution in [0, 0.1) is 10.1 Å². The van der Waals surface area contributed by atoms with E-state index < -0.39 is 16.4 Å². The Kier molecular flexibility index (Phi) is 5.54. The third-order valence-electron chi connectivity index (χ3n) is 2.57. The number of carbonyl (C=O) groups is 1. The molecule has 1 rings (SSSR count). The normalized spacial score (nSPS) is 11.1. The number of hydrogen-bond acceptors (Lipinski definition) is 4. The van der Waals surface area contributed by atoms with E-state index in [2.05, 4.69) is 10.6 Å². The zero-order valence-electron chi connectivity index (χ0n) is 12.6. The van der Waals surface area contributed by atoms with E-state index in [-0.39, 0.29) is 22.0 Å². The van der Waals surface area contributed by atoms with E-state index in [0.717, 1.165) is 6.42 Å². The molecule has 0 atom stereocenters. The van der Waals surface area contributed by atoms with Crippen molar-refractivity contribution in [3.05, 3.63) is 32.8 Å². The van der Waals surface area contributed by atoms with Crippen molar-refractivity contribution in [1.29, 1.82) is 0 Å². The van der Waals surface area contributed by atoms with E-state index in [0.29, 0.717) is 6.54 Å². The van der Waals surface area contributed by atoms with Crippen LogP contribution in [-0.2, 0) is 0 Å². The number of amides is 1. The average molecular weight is 314 g/mol. The van der Waals surface area contributed by atoms with Crippen molar-refractivity contribution >= 4 is 28.9 Å². The lowest BCUT2D eigenvalue weighted by molar-refractivity contribution is -0.384. The van der Waals surface area contributed by atoms with Crippen LogP contribution < -0.4 is 10.6 Å². The minimum Gasteiger partial charge on any atom is -0.378 e. The second kappa shape index (κ2) is 6.76. The van der Waals surface area contributed by atoms with Gasteiger partial charge in [0.2, 0.25) is 0 Å². The van der Waals surface area contributed by atoms with Gasteiger partial charge < -0.3 is 10.6 Å². The Morgan fingerprint density at radius 1 is 1.38 bits per heavy atom. The van der Waals surface area contributed by atoms with Crippen LogP contribution in [0.25, 0.3) is 0 Å². The third kappa shape index (κ3) is 4.90. The van der Waals surface area contributed by atoms with E-state index in [4.69, 9.17) is 11.6 Å². The molecule has 1 amide bonds. The van der Waals surface area contributed by atoms with Gasteiger partial charge in [-0.05, 0) is 33.3 Å². The van der Waals surface area contributed by atoms with Gasteiger partial charge in [-0.15, -0.1) is 0 Å². The lowest BCUT2D eigenvalue weighted by Crippen LogP contribution is -2.40. The molecule has 0 aliphatic carbocycles. The van der Waals surface area contributed by atoms with E-state index in [1.807, 2.05) is 27.7 Å². The third-order valence-corrected chi connectivity index (χ3v) is 2.87. The summed E-state index contributed by atoms with van der Waals surface area (Å²) < 4.78 is 0. The predicted octanol–water partition coefficient (Wildman–Crippen LogP) is 3.60. The number of benzene rings is 1. The Morgan fingerprint density at radius 3 is 2.48 bits per heavy atom. The smallest absolute Gasteiger partial charge is 0.294 e. The van der Waals surface area contributed by atoms with E-state index in [9.17, 15) is 14.9 Å². The minimum absolute atomic E-state index is 0.164. The Morgan fingerprint density at radius 2 is 2.00 bits per heavy atom. The van der Waals surface area contributed by atoms with Gasteiger partial charge in [-0.2, -0.15) is 0 Å². The molecule has 6 nitrogen and oxygen atoms in total. The Labute approximate surface area is 129 Å². The molecule has 21 heavy (non-hydrogen) atoms. The fraction of sp³-hybridized carbons (Fsp3) is 0.500. The van der Waals surface area contributed by atoms with Crippen molar-refractivity contribution in [2.45, 2.75) is 39.7 Å².